The van der Waals surface area contributed by atoms with Gasteiger partial charge in [0, 0.05) is 19.1 Å². The highest BCUT2D eigenvalue weighted by atomic mass is 15.2. The molecule has 2 aliphatic heterocycles. The minimum atomic E-state index is 0.568. The molecule has 0 saturated carbocycles. The van der Waals surface area contributed by atoms with Gasteiger partial charge in [-0.1, -0.05) is 13.8 Å². The molecule has 0 amide bonds. The molecule has 0 aromatic rings. The van der Waals surface area contributed by atoms with Crippen LogP contribution in [0.5, 0.6) is 0 Å². The Morgan fingerprint density at radius 1 is 1.46 bits per heavy atom. The molecule has 0 radical (unpaired) electrons. The standard InChI is InChI=1S/C11H22N2/c1-11(2)5-7-13(9-11)8-10-4-3-6-12-10/h10,12H,3-9H2,1-2H3. The van der Waals surface area contributed by atoms with Crippen molar-refractivity contribution in [2.75, 3.05) is 26.2 Å². The van der Waals surface area contributed by atoms with Gasteiger partial charge in [0.05, 0.1) is 0 Å². The summed E-state index contributed by atoms with van der Waals surface area (Å²) in [5.74, 6) is 0. The molecule has 2 saturated heterocycles. The van der Waals surface area contributed by atoms with Gasteiger partial charge in [0.25, 0.3) is 0 Å². The van der Waals surface area contributed by atoms with Gasteiger partial charge >= 0.3 is 0 Å². The lowest BCUT2D eigenvalue weighted by atomic mass is 9.93. The zero-order valence-corrected chi connectivity index (χ0v) is 8.97. The van der Waals surface area contributed by atoms with Gasteiger partial charge in [-0.15, -0.1) is 0 Å². The maximum Gasteiger partial charge on any atom is 0.0195 e. The van der Waals surface area contributed by atoms with Crippen molar-refractivity contribution in [3.05, 3.63) is 0 Å². The van der Waals surface area contributed by atoms with Crippen molar-refractivity contribution < 1.29 is 0 Å². The lowest BCUT2D eigenvalue weighted by molar-refractivity contribution is 0.268. The van der Waals surface area contributed by atoms with Crippen LogP contribution >= 0.6 is 0 Å². The van der Waals surface area contributed by atoms with Gasteiger partial charge in [-0.05, 0) is 37.8 Å². The summed E-state index contributed by atoms with van der Waals surface area (Å²) in [7, 11) is 0. The zero-order valence-electron chi connectivity index (χ0n) is 8.97. The average Bonchev–Trinajstić information content (AvgIpc) is 2.61. The number of hydrogen-bond acceptors (Lipinski definition) is 2. The van der Waals surface area contributed by atoms with Gasteiger partial charge in [-0.25, -0.2) is 0 Å². The van der Waals surface area contributed by atoms with Crippen LogP contribution in [0.4, 0.5) is 0 Å². The summed E-state index contributed by atoms with van der Waals surface area (Å²) in [6.45, 7) is 9.89. The lowest BCUT2D eigenvalue weighted by Gasteiger charge is -2.22. The molecule has 2 fully saturated rings. The molecule has 2 rings (SSSR count). The smallest absolute Gasteiger partial charge is 0.0195 e. The van der Waals surface area contributed by atoms with Gasteiger partial charge in [-0.3, -0.25) is 0 Å². The normalized spacial score (nSPS) is 34.2. The monoisotopic (exact) mass is 182 g/mol. The molecule has 1 N–H and O–H groups in total. The van der Waals surface area contributed by atoms with Crippen molar-refractivity contribution in [3.63, 3.8) is 0 Å². The highest BCUT2D eigenvalue weighted by molar-refractivity contribution is 4.86. The van der Waals surface area contributed by atoms with E-state index in [1.54, 1.807) is 0 Å². The van der Waals surface area contributed by atoms with E-state index >= 15 is 0 Å². The van der Waals surface area contributed by atoms with Crippen molar-refractivity contribution in [2.45, 2.75) is 39.2 Å². The Hall–Kier alpha value is -0.0800. The largest absolute Gasteiger partial charge is 0.313 e. The number of nitrogens with zero attached hydrogens (tertiary/aromatic N) is 1. The molecule has 2 nitrogen and oxygen atoms in total. The average molecular weight is 182 g/mol. The number of likely N-dealkylation sites (tertiary alicyclic amines) is 1. The minimum Gasteiger partial charge on any atom is -0.313 e. The van der Waals surface area contributed by atoms with Crippen molar-refractivity contribution >= 4 is 0 Å². The molecule has 0 aliphatic carbocycles. The first-order valence-corrected chi connectivity index (χ1v) is 5.61. The van der Waals surface area contributed by atoms with E-state index in [4.69, 9.17) is 0 Å². The molecule has 2 heteroatoms. The van der Waals surface area contributed by atoms with Crippen LogP contribution in [-0.2, 0) is 0 Å². The second-order valence-electron chi connectivity index (χ2n) is 5.44. The summed E-state index contributed by atoms with van der Waals surface area (Å²) in [6.07, 6.45) is 4.14. The fourth-order valence-electron chi connectivity index (χ4n) is 2.60. The van der Waals surface area contributed by atoms with Crippen LogP contribution in [0.15, 0.2) is 0 Å². The second kappa shape index (κ2) is 3.58. The van der Waals surface area contributed by atoms with Crippen molar-refractivity contribution in [2.24, 2.45) is 5.41 Å². The van der Waals surface area contributed by atoms with Crippen LogP contribution in [0.25, 0.3) is 0 Å². The molecule has 0 spiro atoms. The van der Waals surface area contributed by atoms with Gasteiger partial charge in [0.2, 0.25) is 0 Å². The van der Waals surface area contributed by atoms with Crippen molar-refractivity contribution in [1.29, 1.82) is 0 Å². The second-order valence-corrected chi connectivity index (χ2v) is 5.44. The summed E-state index contributed by atoms with van der Waals surface area (Å²) in [6, 6.07) is 0.786. The van der Waals surface area contributed by atoms with Crippen LogP contribution in [0, 0.1) is 5.41 Å². The summed E-state index contributed by atoms with van der Waals surface area (Å²) in [5, 5.41) is 3.57. The van der Waals surface area contributed by atoms with E-state index in [-0.39, 0.29) is 0 Å². The first-order chi connectivity index (χ1) is 6.16. The topological polar surface area (TPSA) is 15.3 Å². The third-order valence-electron chi connectivity index (χ3n) is 3.40. The summed E-state index contributed by atoms with van der Waals surface area (Å²) < 4.78 is 0. The maximum absolute atomic E-state index is 3.57. The van der Waals surface area contributed by atoms with Crippen LogP contribution in [0.2, 0.25) is 0 Å². The van der Waals surface area contributed by atoms with E-state index in [0.717, 1.165) is 6.04 Å². The SMILES string of the molecule is CC1(C)CCN(CC2CCCN2)C1. The highest BCUT2D eigenvalue weighted by Crippen LogP contribution is 2.29. The summed E-state index contributed by atoms with van der Waals surface area (Å²) in [5.41, 5.74) is 0.568. The molecule has 2 heterocycles. The van der Waals surface area contributed by atoms with Crippen LogP contribution < -0.4 is 5.32 Å². The molecule has 0 aromatic heterocycles. The fourth-order valence-corrected chi connectivity index (χ4v) is 2.60. The van der Waals surface area contributed by atoms with Crippen molar-refractivity contribution in [3.8, 4) is 0 Å². The van der Waals surface area contributed by atoms with Gasteiger partial charge in [0.1, 0.15) is 0 Å². The number of nitrogens with one attached hydrogen (secondary N) is 1. The maximum atomic E-state index is 3.57. The Labute approximate surface area is 81.7 Å². The molecule has 13 heavy (non-hydrogen) atoms. The van der Waals surface area contributed by atoms with E-state index in [0.29, 0.717) is 5.41 Å². The van der Waals surface area contributed by atoms with Crippen molar-refractivity contribution in [1.82, 2.24) is 10.2 Å². The molecule has 2 aliphatic rings. The molecule has 1 atom stereocenters. The van der Waals surface area contributed by atoms with E-state index < -0.39 is 0 Å². The summed E-state index contributed by atoms with van der Waals surface area (Å²) in [4.78, 5) is 2.63. The summed E-state index contributed by atoms with van der Waals surface area (Å²) >= 11 is 0. The Morgan fingerprint density at radius 3 is 2.85 bits per heavy atom. The fraction of sp³-hybridized carbons (Fsp3) is 1.00. The van der Waals surface area contributed by atoms with Crippen LogP contribution in [0.3, 0.4) is 0 Å². The quantitative estimate of drug-likeness (QED) is 0.695. The molecular weight excluding hydrogens is 160 g/mol. The predicted octanol–water partition coefficient (Wildman–Crippen LogP) is 1.47. The lowest BCUT2D eigenvalue weighted by Crippen LogP contribution is -2.36. The van der Waals surface area contributed by atoms with E-state index in [1.807, 2.05) is 0 Å². The zero-order chi connectivity index (χ0) is 9.31. The Bertz CT molecular complexity index is 171. The van der Waals surface area contributed by atoms with E-state index in [9.17, 15) is 0 Å². The van der Waals surface area contributed by atoms with Crippen LogP contribution in [0.1, 0.15) is 33.1 Å². The number of hydrogen-bond donors (Lipinski definition) is 1. The van der Waals surface area contributed by atoms with E-state index in [1.165, 1.54) is 45.4 Å². The third-order valence-corrected chi connectivity index (χ3v) is 3.40. The third kappa shape index (κ3) is 2.44. The van der Waals surface area contributed by atoms with Gasteiger partial charge < -0.3 is 10.2 Å². The van der Waals surface area contributed by atoms with E-state index in [2.05, 4.69) is 24.1 Å². The molecule has 76 valence electrons. The van der Waals surface area contributed by atoms with Gasteiger partial charge in [-0.2, -0.15) is 0 Å². The molecule has 1 unspecified atom stereocenters. The van der Waals surface area contributed by atoms with Crippen LogP contribution in [-0.4, -0.2) is 37.1 Å². The highest BCUT2D eigenvalue weighted by Gasteiger charge is 2.30. The molecule has 0 aromatic carbocycles. The van der Waals surface area contributed by atoms with Gasteiger partial charge in [0.15, 0.2) is 0 Å². The Kier molecular flexibility index (Phi) is 2.61. The molecule has 0 bridgehead atoms. The minimum absolute atomic E-state index is 0.568. The first-order valence-electron chi connectivity index (χ1n) is 5.61. The molecular formula is C11H22N2. The Morgan fingerprint density at radius 2 is 2.31 bits per heavy atom. The Balaban J connectivity index is 1.77. The number of rotatable bonds is 2. The predicted molar refractivity (Wildman–Crippen MR) is 55.9 cm³/mol. The first kappa shape index (κ1) is 9.47.